The van der Waals surface area contributed by atoms with E-state index in [9.17, 15) is 9.35 Å². The minimum Gasteiger partial charge on any atom is -0.612 e. The summed E-state index contributed by atoms with van der Waals surface area (Å²) < 4.78 is 16.9. The Morgan fingerprint density at radius 1 is 1.44 bits per heavy atom. The second-order valence-corrected chi connectivity index (χ2v) is 5.91. The Labute approximate surface area is 109 Å². The van der Waals surface area contributed by atoms with E-state index in [1.807, 2.05) is 0 Å². The number of esters is 1. The number of hydrogen-bond donors (Lipinski definition) is 0. The summed E-state index contributed by atoms with van der Waals surface area (Å²) in [6.45, 7) is 3.66. The van der Waals surface area contributed by atoms with Crippen LogP contribution in [0.3, 0.4) is 0 Å². The molecule has 0 rings (SSSR count). The topological polar surface area (TPSA) is 49.4 Å². The standard InChI is InChI=1S/C11H19BrO3S/c1-3-4-5-6-7-16(14)9-11(12)8-15-10(2)13/h9H,3-8H2,1-2H3/b11-9+. The van der Waals surface area contributed by atoms with E-state index < -0.39 is 11.2 Å². The number of carbonyl (C=O) groups excluding carboxylic acids is 1. The highest BCUT2D eigenvalue weighted by molar-refractivity contribution is 9.11. The minimum atomic E-state index is -0.969. The molecule has 94 valence electrons. The lowest BCUT2D eigenvalue weighted by molar-refractivity contribution is -0.139. The van der Waals surface area contributed by atoms with E-state index in [0.717, 1.165) is 12.8 Å². The molecule has 0 heterocycles. The van der Waals surface area contributed by atoms with Crippen LogP contribution in [-0.2, 0) is 20.7 Å². The molecule has 3 nitrogen and oxygen atoms in total. The first-order valence-electron chi connectivity index (χ1n) is 5.43. The number of carbonyl (C=O) groups is 1. The summed E-state index contributed by atoms with van der Waals surface area (Å²) in [6.07, 6.45) is 4.47. The molecule has 0 radical (unpaired) electrons. The molecule has 0 aromatic heterocycles. The fourth-order valence-electron chi connectivity index (χ4n) is 1.08. The van der Waals surface area contributed by atoms with Gasteiger partial charge in [-0.2, -0.15) is 0 Å². The first-order chi connectivity index (χ1) is 7.56. The fourth-order valence-corrected chi connectivity index (χ4v) is 2.78. The Morgan fingerprint density at radius 2 is 2.12 bits per heavy atom. The molecule has 0 aliphatic carbocycles. The van der Waals surface area contributed by atoms with Crippen LogP contribution in [0, 0.1) is 0 Å². The van der Waals surface area contributed by atoms with Gasteiger partial charge in [0.25, 0.3) is 0 Å². The van der Waals surface area contributed by atoms with Crippen molar-refractivity contribution in [2.24, 2.45) is 0 Å². The van der Waals surface area contributed by atoms with Gasteiger partial charge in [-0.1, -0.05) is 19.8 Å². The van der Waals surface area contributed by atoms with Crippen LogP contribution >= 0.6 is 15.9 Å². The molecule has 0 fully saturated rings. The fraction of sp³-hybridized carbons (Fsp3) is 0.727. The molecule has 0 bridgehead atoms. The van der Waals surface area contributed by atoms with Crippen LogP contribution in [0.1, 0.15) is 39.5 Å². The highest BCUT2D eigenvalue weighted by Crippen LogP contribution is 2.11. The van der Waals surface area contributed by atoms with Crippen molar-refractivity contribution in [2.75, 3.05) is 12.4 Å². The van der Waals surface area contributed by atoms with E-state index in [-0.39, 0.29) is 12.6 Å². The monoisotopic (exact) mass is 310 g/mol. The van der Waals surface area contributed by atoms with Crippen molar-refractivity contribution in [1.82, 2.24) is 0 Å². The zero-order valence-electron chi connectivity index (χ0n) is 9.83. The first kappa shape index (κ1) is 16.0. The molecule has 0 N–H and O–H groups in total. The molecule has 0 aromatic carbocycles. The van der Waals surface area contributed by atoms with Crippen LogP contribution in [0.15, 0.2) is 9.89 Å². The predicted molar refractivity (Wildman–Crippen MR) is 70.8 cm³/mol. The second kappa shape index (κ2) is 10.2. The number of halogens is 1. The van der Waals surface area contributed by atoms with Crippen LogP contribution in [0.5, 0.6) is 0 Å². The summed E-state index contributed by atoms with van der Waals surface area (Å²) in [6, 6.07) is 0. The zero-order chi connectivity index (χ0) is 12.4. The lowest BCUT2D eigenvalue weighted by atomic mass is 10.2. The Balaban J connectivity index is 3.69. The predicted octanol–water partition coefficient (Wildman–Crippen LogP) is 3.11. The third-order valence-corrected chi connectivity index (χ3v) is 3.87. The first-order valence-corrected chi connectivity index (χ1v) is 7.60. The molecule has 1 atom stereocenters. The SMILES string of the molecule is CCCCCC[S+]([O-])/C=C(/Br)COC(C)=O. The van der Waals surface area contributed by atoms with Gasteiger partial charge in [0.1, 0.15) is 17.8 Å². The maximum absolute atomic E-state index is 11.5. The molecule has 0 aromatic rings. The van der Waals surface area contributed by atoms with Crippen LogP contribution in [0.4, 0.5) is 0 Å². The van der Waals surface area contributed by atoms with Gasteiger partial charge in [0, 0.05) is 6.92 Å². The van der Waals surface area contributed by atoms with Gasteiger partial charge < -0.3 is 9.29 Å². The second-order valence-electron chi connectivity index (χ2n) is 3.49. The Morgan fingerprint density at radius 3 is 2.69 bits per heavy atom. The highest BCUT2D eigenvalue weighted by Gasteiger charge is 2.05. The Hall–Kier alpha value is 0. The summed E-state index contributed by atoms with van der Waals surface area (Å²) in [4.78, 5) is 10.5. The van der Waals surface area contributed by atoms with Crippen molar-refractivity contribution in [2.45, 2.75) is 39.5 Å². The van der Waals surface area contributed by atoms with Crippen molar-refractivity contribution in [3.8, 4) is 0 Å². The molecular formula is C11H19BrO3S. The van der Waals surface area contributed by atoms with Crippen LogP contribution < -0.4 is 0 Å². The van der Waals surface area contributed by atoms with Crippen LogP contribution in [0.2, 0.25) is 0 Å². The molecular weight excluding hydrogens is 292 g/mol. The Kier molecular flexibility index (Phi) is 10.2. The van der Waals surface area contributed by atoms with E-state index in [0.29, 0.717) is 10.2 Å². The number of hydrogen-bond acceptors (Lipinski definition) is 3. The molecule has 5 heteroatoms. The zero-order valence-corrected chi connectivity index (χ0v) is 12.2. The highest BCUT2D eigenvalue weighted by atomic mass is 79.9. The molecule has 0 aliphatic heterocycles. The van der Waals surface area contributed by atoms with Gasteiger partial charge in [-0.15, -0.1) is 0 Å². The molecule has 0 saturated heterocycles. The van der Waals surface area contributed by atoms with Gasteiger partial charge in [0.15, 0.2) is 0 Å². The molecule has 1 unspecified atom stereocenters. The van der Waals surface area contributed by atoms with E-state index in [1.165, 1.54) is 19.8 Å². The van der Waals surface area contributed by atoms with E-state index in [1.54, 1.807) is 5.41 Å². The Bertz CT molecular complexity index is 231. The summed E-state index contributed by atoms with van der Waals surface area (Å²) in [5.74, 6) is 0.342. The van der Waals surface area contributed by atoms with Gasteiger partial charge in [-0.25, -0.2) is 0 Å². The molecule has 0 aliphatic rings. The summed E-state index contributed by atoms with van der Waals surface area (Å²) in [7, 11) is 0. The normalized spacial score (nSPS) is 13.6. The number of rotatable bonds is 8. The van der Waals surface area contributed by atoms with Gasteiger partial charge >= 0.3 is 5.97 Å². The third-order valence-electron chi connectivity index (χ3n) is 1.87. The van der Waals surface area contributed by atoms with Gasteiger partial charge in [-0.3, -0.25) is 4.79 Å². The minimum absolute atomic E-state index is 0.163. The van der Waals surface area contributed by atoms with Crippen LogP contribution in [0.25, 0.3) is 0 Å². The summed E-state index contributed by atoms with van der Waals surface area (Å²) >= 11 is 2.25. The van der Waals surface area contributed by atoms with Crippen molar-refractivity contribution in [3.63, 3.8) is 0 Å². The number of unbranched alkanes of at least 4 members (excludes halogenated alkanes) is 3. The van der Waals surface area contributed by atoms with Gasteiger partial charge in [-0.05, 0) is 39.9 Å². The van der Waals surface area contributed by atoms with E-state index >= 15 is 0 Å². The third kappa shape index (κ3) is 10.5. The molecule has 16 heavy (non-hydrogen) atoms. The van der Waals surface area contributed by atoms with Crippen LogP contribution in [-0.4, -0.2) is 22.9 Å². The summed E-state index contributed by atoms with van der Waals surface area (Å²) in [5.41, 5.74) is 0. The smallest absolute Gasteiger partial charge is 0.302 e. The maximum atomic E-state index is 11.5. The summed E-state index contributed by atoms with van der Waals surface area (Å²) in [5, 5.41) is 1.61. The largest absolute Gasteiger partial charge is 0.612 e. The maximum Gasteiger partial charge on any atom is 0.302 e. The van der Waals surface area contributed by atoms with Gasteiger partial charge in [0.05, 0.1) is 4.48 Å². The van der Waals surface area contributed by atoms with Crippen molar-refractivity contribution >= 4 is 33.1 Å². The lowest BCUT2D eigenvalue weighted by Crippen LogP contribution is -2.05. The van der Waals surface area contributed by atoms with E-state index in [2.05, 4.69) is 22.9 Å². The van der Waals surface area contributed by atoms with Crippen molar-refractivity contribution in [1.29, 1.82) is 0 Å². The van der Waals surface area contributed by atoms with Gasteiger partial charge in [0.2, 0.25) is 0 Å². The number of ether oxygens (including phenoxy) is 1. The van der Waals surface area contributed by atoms with E-state index in [4.69, 9.17) is 4.74 Å². The van der Waals surface area contributed by atoms with Crippen molar-refractivity contribution < 1.29 is 14.1 Å². The quantitative estimate of drug-likeness (QED) is 0.393. The molecule has 0 amide bonds. The molecule has 0 saturated carbocycles. The average molecular weight is 311 g/mol. The average Bonchev–Trinajstić information content (AvgIpc) is 2.21. The molecule has 0 spiro atoms. The van der Waals surface area contributed by atoms with Crippen molar-refractivity contribution in [3.05, 3.63) is 9.89 Å². The lowest BCUT2D eigenvalue weighted by Gasteiger charge is -2.06.